The maximum atomic E-state index is 12.1. The van der Waals surface area contributed by atoms with Gasteiger partial charge in [-0.05, 0) is 44.2 Å². The molecule has 1 aromatic heterocycles. The van der Waals surface area contributed by atoms with Gasteiger partial charge in [0.25, 0.3) is 5.91 Å². The zero-order valence-corrected chi connectivity index (χ0v) is 15.1. The van der Waals surface area contributed by atoms with Crippen molar-refractivity contribution in [1.82, 2.24) is 5.32 Å². The van der Waals surface area contributed by atoms with Crippen LogP contribution in [0.25, 0.3) is 0 Å². The molecule has 134 valence electrons. The molecule has 1 aromatic carbocycles. The third-order valence-corrected chi connectivity index (χ3v) is 3.74. The van der Waals surface area contributed by atoms with Crippen LogP contribution in [-0.4, -0.2) is 24.1 Å². The molecule has 0 aliphatic heterocycles. The second kappa shape index (κ2) is 8.78. The topological polar surface area (TPSA) is 77.8 Å². The highest BCUT2D eigenvalue weighted by Crippen LogP contribution is 2.28. The maximum absolute atomic E-state index is 12.1. The van der Waals surface area contributed by atoms with Crippen LogP contribution >= 0.6 is 23.2 Å². The summed E-state index contributed by atoms with van der Waals surface area (Å²) in [6.45, 7) is 3.18. The lowest BCUT2D eigenvalue weighted by atomic mass is 10.3. The van der Waals surface area contributed by atoms with Gasteiger partial charge in [0.2, 0.25) is 0 Å². The molecule has 1 amide bonds. The van der Waals surface area contributed by atoms with Crippen LogP contribution in [0.15, 0.2) is 41.0 Å². The van der Waals surface area contributed by atoms with E-state index in [1.165, 1.54) is 26.2 Å². The van der Waals surface area contributed by atoms with Crippen molar-refractivity contribution in [2.75, 3.05) is 0 Å². The normalized spacial score (nSPS) is 13.0. The van der Waals surface area contributed by atoms with E-state index in [9.17, 15) is 9.59 Å². The molecule has 0 aliphatic carbocycles. The molecule has 0 unspecified atom stereocenters. The summed E-state index contributed by atoms with van der Waals surface area (Å²) in [7, 11) is 0. The van der Waals surface area contributed by atoms with Crippen LogP contribution in [0.3, 0.4) is 0 Å². The zero-order chi connectivity index (χ0) is 18.4. The molecule has 0 saturated heterocycles. The van der Waals surface area contributed by atoms with Crippen molar-refractivity contribution in [2.45, 2.75) is 32.6 Å². The number of nitrogens with one attached hydrogen (secondary N) is 1. The zero-order valence-electron chi connectivity index (χ0n) is 13.6. The minimum atomic E-state index is -0.978. The monoisotopic (exact) mass is 385 g/mol. The van der Waals surface area contributed by atoms with Gasteiger partial charge >= 0.3 is 5.97 Å². The number of halogens is 2. The minimum Gasteiger partial charge on any atom is -0.477 e. The van der Waals surface area contributed by atoms with Crippen LogP contribution in [0.4, 0.5) is 0 Å². The van der Waals surface area contributed by atoms with Gasteiger partial charge in [-0.1, -0.05) is 23.2 Å². The smallest absolute Gasteiger partial charge is 0.347 e. The number of carbonyl (C=O) groups excluding carboxylic acids is 2. The molecule has 0 saturated carbocycles. The summed E-state index contributed by atoms with van der Waals surface area (Å²) in [6.07, 6.45) is -0.417. The van der Waals surface area contributed by atoms with E-state index in [4.69, 9.17) is 37.1 Å². The van der Waals surface area contributed by atoms with Crippen LogP contribution in [0.5, 0.6) is 5.75 Å². The van der Waals surface area contributed by atoms with Gasteiger partial charge in [0.15, 0.2) is 12.2 Å². The molecule has 6 nitrogen and oxygen atoms in total. The SMILES string of the molecule is C[C@@H](OC(=O)[C@@H](C)Oc1ccc(Cl)cc1Cl)C(=O)NCc1ccco1. The lowest BCUT2D eigenvalue weighted by Gasteiger charge is -2.18. The van der Waals surface area contributed by atoms with Gasteiger partial charge in [-0.3, -0.25) is 4.79 Å². The second-order valence-corrected chi connectivity index (χ2v) is 6.05. The van der Waals surface area contributed by atoms with E-state index < -0.39 is 24.1 Å². The molecular formula is C17H17Cl2NO5. The Morgan fingerprint density at radius 1 is 1.20 bits per heavy atom. The molecule has 2 atom stereocenters. The van der Waals surface area contributed by atoms with E-state index >= 15 is 0 Å². The van der Waals surface area contributed by atoms with Crippen LogP contribution in [0.1, 0.15) is 19.6 Å². The first kappa shape index (κ1) is 19.1. The third kappa shape index (κ3) is 5.69. The Morgan fingerprint density at radius 3 is 2.60 bits per heavy atom. The van der Waals surface area contributed by atoms with E-state index in [-0.39, 0.29) is 11.6 Å². The fourth-order valence-electron chi connectivity index (χ4n) is 1.86. The lowest BCUT2D eigenvalue weighted by Crippen LogP contribution is -2.38. The Balaban J connectivity index is 1.83. The Labute approximate surface area is 155 Å². The molecule has 8 heteroatoms. The van der Waals surface area contributed by atoms with Gasteiger partial charge in [0.05, 0.1) is 17.8 Å². The molecule has 0 fully saturated rings. The molecule has 2 aromatic rings. The van der Waals surface area contributed by atoms with Crippen LogP contribution < -0.4 is 10.1 Å². The van der Waals surface area contributed by atoms with Crippen molar-refractivity contribution in [3.8, 4) is 5.75 Å². The number of benzene rings is 1. The number of hydrogen-bond donors (Lipinski definition) is 1. The van der Waals surface area contributed by atoms with E-state index in [1.807, 2.05) is 0 Å². The number of carbonyl (C=O) groups is 2. The van der Waals surface area contributed by atoms with Crippen molar-refractivity contribution in [3.63, 3.8) is 0 Å². The quantitative estimate of drug-likeness (QED) is 0.736. The first-order chi connectivity index (χ1) is 11.9. The molecule has 0 radical (unpaired) electrons. The molecule has 1 N–H and O–H groups in total. The molecule has 0 bridgehead atoms. The number of rotatable bonds is 7. The molecule has 2 rings (SSSR count). The van der Waals surface area contributed by atoms with Gasteiger partial charge in [-0.25, -0.2) is 4.79 Å². The van der Waals surface area contributed by atoms with E-state index in [2.05, 4.69) is 5.32 Å². The van der Waals surface area contributed by atoms with Crippen LogP contribution in [-0.2, 0) is 20.9 Å². The predicted molar refractivity (Wildman–Crippen MR) is 92.7 cm³/mol. The van der Waals surface area contributed by atoms with Gasteiger partial charge in [0, 0.05) is 5.02 Å². The highest BCUT2D eigenvalue weighted by molar-refractivity contribution is 6.35. The largest absolute Gasteiger partial charge is 0.477 e. The summed E-state index contributed by atoms with van der Waals surface area (Å²) >= 11 is 11.8. The number of hydrogen-bond acceptors (Lipinski definition) is 5. The van der Waals surface area contributed by atoms with Gasteiger partial charge in [0.1, 0.15) is 11.5 Å². The number of furan rings is 1. The fourth-order valence-corrected chi connectivity index (χ4v) is 2.32. The van der Waals surface area contributed by atoms with E-state index in [0.717, 1.165) is 0 Å². The Hall–Kier alpha value is -2.18. The summed E-state index contributed by atoms with van der Waals surface area (Å²) in [4.78, 5) is 24.0. The number of amides is 1. The average molecular weight is 386 g/mol. The second-order valence-electron chi connectivity index (χ2n) is 5.21. The molecular weight excluding hydrogens is 369 g/mol. The number of esters is 1. The van der Waals surface area contributed by atoms with Crippen molar-refractivity contribution in [2.24, 2.45) is 0 Å². The van der Waals surface area contributed by atoms with Gasteiger partial charge in [-0.2, -0.15) is 0 Å². The summed E-state index contributed by atoms with van der Waals surface area (Å²) < 4.78 is 15.7. The standard InChI is InChI=1S/C17H17Cl2NO5/c1-10(16(21)20-9-13-4-3-7-23-13)25-17(22)11(2)24-15-6-5-12(18)8-14(15)19/h3-8,10-11H,9H2,1-2H3,(H,20,21)/t10-,11-/m1/s1. The molecule has 25 heavy (non-hydrogen) atoms. The lowest BCUT2D eigenvalue weighted by molar-refractivity contribution is -0.160. The highest BCUT2D eigenvalue weighted by atomic mass is 35.5. The van der Waals surface area contributed by atoms with Crippen molar-refractivity contribution < 1.29 is 23.5 Å². The minimum absolute atomic E-state index is 0.208. The van der Waals surface area contributed by atoms with Crippen molar-refractivity contribution >= 4 is 35.1 Å². The first-order valence-corrected chi connectivity index (χ1v) is 8.24. The summed E-state index contributed by atoms with van der Waals surface area (Å²) in [6, 6.07) is 8.08. The summed E-state index contributed by atoms with van der Waals surface area (Å²) in [5.41, 5.74) is 0. The van der Waals surface area contributed by atoms with E-state index in [0.29, 0.717) is 16.5 Å². The molecule has 1 heterocycles. The molecule has 0 aliphatic rings. The van der Waals surface area contributed by atoms with Crippen molar-refractivity contribution in [3.05, 3.63) is 52.4 Å². The predicted octanol–water partition coefficient (Wildman–Crippen LogP) is 3.60. The van der Waals surface area contributed by atoms with Gasteiger partial charge < -0.3 is 19.2 Å². The van der Waals surface area contributed by atoms with Gasteiger partial charge in [-0.15, -0.1) is 0 Å². The third-order valence-electron chi connectivity index (χ3n) is 3.21. The Bertz CT molecular complexity index is 733. The van der Waals surface area contributed by atoms with Crippen LogP contribution in [0.2, 0.25) is 10.0 Å². The maximum Gasteiger partial charge on any atom is 0.347 e. The highest BCUT2D eigenvalue weighted by Gasteiger charge is 2.23. The first-order valence-electron chi connectivity index (χ1n) is 7.49. The van der Waals surface area contributed by atoms with E-state index in [1.54, 1.807) is 24.3 Å². The average Bonchev–Trinajstić information content (AvgIpc) is 3.08. The van der Waals surface area contributed by atoms with Crippen molar-refractivity contribution in [1.29, 1.82) is 0 Å². The Kier molecular flexibility index (Phi) is 6.73. The van der Waals surface area contributed by atoms with Crippen LogP contribution in [0, 0.1) is 0 Å². The number of ether oxygens (including phenoxy) is 2. The summed E-state index contributed by atoms with van der Waals surface area (Å²) in [5, 5.41) is 3.34. The fraction of sp³-hybridized carbons (Fsp3) is 0.294. The summed E-state index contributed by atoms with van der Waals surface area (Å²) in [5.74, 6) is -0.237. The molecule has 0 spiro atoms. The Morgan fingerprint density at radius 2 is 1.96 bits per heavy atom.